The third kappa shape index (κ3) is 5.13. The Hall–Kier alpha value is -4.03. The lowest BCUT2D eigenvalue weighted by atomic mass is 10.1. The second kappa shape index (κ2) is 10.3. The maximum absolute atomic E-state index is 15.1. The van der Waals surface area contributed by atoms with Gasteiger partial charge in [-0.1, -0.05) is 6.07 Å². The molecule has 12 heteroatoms. The van der Waals surface area contributed by atoms with Crippen molar-refractivity contribution in [3.8, 4) is 17.0 Å². The fourth-order valence-corrected chi connectivity index (χ4v) is 4.41. The van der Waals surface area contributed by atoms with Crippen LogP contribution in [0, 0.1) is 5.82 Å². The highest BCUT2D eigenvalue weighted by Gasteiger charge is 2.27. The van der Waals surface area contributed by atoms with E-state index in [9.17, 15) is 18.0 Å². The van der Waals surface area contributed by atoms with Gasteiger partial charge in [0.1, 0.15) is 4.90 Å². The summed E-state index contributed by atoms with van der Waals surface area (Å²) in [5.41, 5.74) is 0.0157. The first-order valence-corrected chi connectivity index (χ1v) is 11.1. The van der Waals surface area contributed by atoms with Crippen molar-refractivity contribution in [2.45, 2.75) is 11.1 Å². The van der Waals surface area contributed by atoms with E-state index < -0.39 is 34.0 Å². The number of hydrogen-bond donors (Lipinski definition) is 2. The third-order valence-electron chi connectivity index (χ3n) is 4.62. The number of hydrogen-bond acceptors (Lipinski definition) is 8. The molecule has 0 fully saturated rings. The Morgan fingerprint density at radius 3 is 2.62 bits per heavy atom. The molecule has 34 heavy (non-hydrogen) atoms. The number of aliphatic carboxylic acids is 1. The first-order valence-electron chi connectivity index (χ1n) is 9.68. The molecule has 10 nitrogen and oxygen atoms in total. The predicted octanol–water partition coefficient (Wildman–Crippen LogP) is 2.34. The van der Waals surface area contributed by atoms with Gasteiger partial charge in [-0.15, -0.1) is 0 Å². The minimum atomic E-state index is -4.24. The minimum absolute atomic E-state index is 0.0624. The monoisotopic (exact) mass is 489 g/mol. The van der Waals surface area contributed by atoms with E-state index in [1.54, 1.807) is 0 Å². The quantitative estimate of drug-likeness (QED) is 0.264. The van der Waals surface area contributed by atoms with Crippen molar-refractivity contribution in [1.29, 1.82) is 0 Å². The fourth-order valence-electron chi connectivity index (χ4n) is 3.07. The standard InChI is InChI=1S/C22H20FN3O7S/c1-24-22(33-20(29)9-8-19(27)28)14-11-17(16-6-3-7-18(32-2)21(16)23)26(13-14)34(30,31)15-5-4-10-25-12-15/h3-13,22,24H,1-2H3,(H,27,28)/b9-8+. The summed E-state index contributed by atoms with van der Waals surface area (Å²) in [4.78, 5) is 26.3. The second-order valence-corrected chi connectivity index (χ2v) is 8.56. The van der Waals surface area contributed by atoms with Gasteiger partial charge in [0, 0.05) is 41.9 Å². The number of carbonyl (C=O) groups excluding carboxylic acids is 1. The molecule has 0 aliphatic heterocycles. The van der Waals surface area contributed by atoms with Gasteiger partial charge in [0.05, 0.1) is 12.8 Å². The number of esters is 1. The first kappa shape index (κ1) is 24.6. The number of pyridine rings is 1. The Balaban J connectivity index is 2.17. The molecule has 3 aromatic rings. The summed E-state index contributed by atoms with van der Waals surface area (Å²) >= 11 is 0. The molecule has 0 amide bonds. The van der Waals surface area contributed by atoms with E-state index >= 15 is 4.39 Å². The molecule has 2 heterocycles. The van der Waals surface area contributed by atoms with Crippen LogP contribution in [0.25, 0.3) is 11.3 Å². The smallest absolute Gasteiger partial charge is 0.332 e. The van der Waals surface area contributed by atoms with Crippen LogP contribution in [0.15, 0.2) is 72.0 Å². The van der Waals surface area contributed by atoms with Crippen molar-refractivity contribution in [2.24, 2.45) is 0 Å². The zero-order valence-electron chi connectivity index (χ0n) is 18.0. The van der Waals surface area contributed by atoms with E-state index in [1.807, 2.05) is 0 Å². The highest BCUT2D eigenvalue weighted by atomic mass is 32.2. The molecule has 1 unspecified atom stereocenters. The Morgan fingerprint density at radius 2 is 2.00 bits per heavy atom. The number of benzene rings is 1. The van der Waals surface area contributed by atoms with Gasteiger partial charge in [-0.05, 0) is 37.4 Å². The lowest BCUT2D eigenvalue weighted by Gasteiger charge is -2.14. The van der Waals surface area contributed by atoms with E-state index in [1.165, 1.54) is 62.9 Å². The SMILES string of the molecule is CNC(OC(=O)/C=C/C(=O)O)c1cc(-c2cccc(OC)c2F)n(S(=O)(=O)c2cccnc2)c1. The maximum atomic E-state index is 15.1. The summed E-state index contributed by atoms with van der Waals surface area (Å²) in [7, 11) is -1.52. The number of carboxylic acid groups (broad SMARTS) is 1. The Morgan fingerprint density at radius 1 is 1.24 bits per heavy atom. The van der Waals surface area contributed by atoms with Crippen molar-refractivity contribution in [3.05, 3.63) is 78.5 Å². The Kier molecular flexibility index (Phi) is 7.44. The van der Waals surface area contributed by atoms with Crippen LogP contribution in [0.5, 0.6) is 5.75 Å². The largest absolute Gasteiger partial charge is 0.494 e. The van der Waals surface area contributed by atoms with Gasteiger partial charge < -0.3 is 14.6 Å². The lowest BCUT2D eigenvalue weighted by molar-refractivity contribution is -0.145. The minimum Gasteiger partial charge on any atom is -0.494 e. The Labute approximate surface area is 194 Å². The number of carboxylic acids is 1. The third-order valence-corrected chi connectivity index (χ3v) is 6.28. The highest BCUT2D eigenvalue weighted by molar-refractivity contribution is 7.90. The van der Waals surface area contributed by atoms with E-state index in [0.29, 0.717) is 12.2 Å². The predicted molar refractivity (Wildman–Crippen MR) is 118 cm³/mol. The topological polar surface area (TPSA) is 137 Å². The normalized spacial score (nSPS) is 12.4. The number of carbonyl (C=O) groups is 2. The lowest BCUT2D eigenvalue weighted by Crippen LogP contribution is -2.22. The molecule has 3 rings (SSSR count). The van der Waals surface area contributed by atoms with Crippen molar-refractivity contribution in [3.63, 3.8) is 0 Å². The summed E-state index contributed by atoms with van der Waals surface area (Å²) in [6.45, 7) is 0. The van der Waals surface area contributed by atoms with Crippen LogP contribution in [0.3, 0.4) is 0 Å². The number of methoxy groups -OCH3 is 1. The number of rotatable bonds is 9. The zero-order valence-corrected chi connectivity index (χ0v) is 18.8. The molecule has 0 radical (unpaired) electrons. The van der Waals surface area contributed by atoms with Gasteiger partial charge in [-0.25, -0.2) is 26.4 Å². The average Bonchev–Trinajstić information content (AvgIpc) is 3.28. The van der Waals surface area contributed by atoms with Gasteiger partial charge in [0.25, 0.3) is 10.0 Å². The second-order valence-electron chi connectivity index (χ2n) is 6.75. The van der Waals surface area contributed by atoms with Crippen molar-refractivity contribution < 1.29 is 37.0 Å². The molecule has 0 aliphatic carbocycles. The van der Waals surface area contributed by atoms with Gasteiger partial charge in [-0.3, -0.25) is 10.3 Å². The first-order chi connectivity index (χ1) is 16.2. The van der Waals surface area contributed by atoms with Crippen LogP contribution >= 0.6 is 0 Å². The van der Waals surface area contributed by atoms with Gasteiger partial charge >= 0.3 is 11.9 Å². The summed E-state index contributed by atoms with van der Waals surface area (Å²) in [5, 5.41) is 11.4. The summed E-state index contributed by atoms with van der Waals surface area (Å²) < 4.78 is 52.9. The van der Waals surface area contributed by atoms with Gasteiger partial charge in [-0.2, -0.15) is 0 Å². The number of nitrogens with zero attached hydrogens (tertiary/aromatic N) is 2. The van der Waals surface area contributed by atoms with Crippen LogP contribution in [0.2, 0.25) is 0 Å². The molecule has 1 aromatic carbocycles. The van der Waals surface area contributed by atoms with E-state index in [0.717, 1.165) is 10.2 Å². The van der Waals surface area contributed by atoms with Gasteiger partial charge in [0.2, 0.25) is 0 Å². The maximum Gasteiger partial charge on any atom is 0.332 e. The number of halogens is 1. The number of ether oxygens (including phenoxy) is 2. The summed E-state index contributed by atoms with van der Waals surface area (Å²) in [5.74, 6) is -3.22. The molecule has 0 spiro atoms. The van der Waals surface area contributed by atoms with Crippen molar-refractivity contribution in [2.75, 3.05) is 14.2 Å². The Bertz CT molecular complexity index is 1340. The molecular weight excluding hydrogens is 469 g/mol. The molecular formula is C22H20FN3O7S. The highest BCUT2D eigenvalue weighted by Crippen LogP contribution is 2.34. The van der Waals surface area contributed by atoms with Crippen LogP contribution in [-0.4, -0.2) is 48.6 Å². The molecule has 0 saturated heterocycles. The molecule has 0 saturated carbocycles. The van der Waals surface area contributed by atoms with Gasteiger partial charge in [0.15, 0.2) is 17.8 Å². The van der Waals surface area contributed by atoms with E-state index in [4.69, 9.17) is 14.6 Å². The molecule has 1 atom stereocenters. The fraction of sp³-hybridized carbons (Fsp3) is 0.136. The molecule has 0 aliphatic rings. The van der Waals surface area contributed by atoms with Crippen LogP contribution < -0.4 is 10.1 Å². The summed E-state index contributed by atoms with van der Waals surface area (Å²) in [6, 6.07) is 8.37. The average molecular weight is 489 g/mol. The van der Waals surface area contributed by atoms with Crippen LogP contribution in [0.1, 0.15) is 11.8 Å². The summed E-state index contributed by atoms with van der Waals surface area (Å²) in [6.07, 6.45) is 3.86. The van der Waals surface area contributed by atoms with Crippen molar-refractivity contribution >= 4 is 22.0 Å². The van der Waals surface area contributed by atoms with Crippen LogP contribution in [-0.2, 0) is 24.3 Å². The molecule has 2 N–H and O–H groups in total. The zero-order chi connectivity index (χ0) is 24.9. The van der Waals surface area contributed by atoms with E-state index in [2.05, 4.69) is 10.3 Å². The molecule has 178 valence electrons. The number of aromatic nitrogens is 2. The number of nitrogens with one attached hydrogen (secondary N) is 1. The van der Waals surface area contributed by atoms with E-state index in [-0.39, 0.29) is 27.5 Å². The molecule has 2 aromatic heterocycles. The molecule has 0 bridgehead atoms. The van der Waals surface area contributed by atoms with Crippen molar-refractivity contribution in [1.82, 2.24) is 14.3 Å². The van der Waals surface area contributed by atoms with Crippen LogP contribution in [0.4, 0.5) is 4.39 Å².